The van der Waals surface area contributed by atoms with E-state index in [2.05, 4.69) is 53.7 Å². The van der Waals surface area contributed by atoms with Gasteiger partial charge < -0.3 is 14.8 Å². The first-order chi connectivity index (χ1) is 13.7. The normalized spacial score (nSPS) is 10.3. The Labute approximate surface area is 171 Å². The molecule has 0 aliphatic rings. The van der Waals surface area contributed by atoms with E-state index in [0.717, 1.165) is 29.9 Å². The SMILES string of the molecule is C#CCOc1ccc(CCC(=S)NCc2ccc3ccccc3c2)cc1OC. The molecule has 0 aliphatic carbocycles. The largest absolute Gasteiger partial charge is 0.493 e. The standard InChI is InChI=1S/C24H23NO2S/c1-3-14-27-22-12-9-18(16-23(22)26-2)10-13-24(28)25-17-19-8-11-20-6-4-5-7-21(20)15-19/h1,4-9,11-12,15-16H,10,13-14,17H2,2H3,(H,25,28). The van der Waals surface area contributed by atoms with Gasteiger partial charge in [0.1, 0.15) is 6.61 Å². The van der Waals surface area contributed by atoms with Crippen LogP contribution in [0.25, 0.3) is 10.8 Å². The van der Waals surface area contributed by atoms with Crippen LogP contribution in [-0.4, -0.2) is 18.7 Å². The van der Waals surface area contributed by atoms with E-state index in [1.807, 2.05) is 18.2 Å². The number of methoxy groups -OCH3 is 1. The molecule has 0 saturated heterocycles. The Morgan fingerprint density at radius 3 is 2.57 bits per heavy atom. The lowest BCUT2D eigenvalue weighted by molar-refractivity contribution is 0.330. The van der Waals surface area contributed by atoms with E-state index in [1.165, 1.54) is 16.3 Å². The van der Waals surface area contributed by atoms with Crippen LogP contribution in [0.3, 0.4) is 0 Å². The number of fused-ring (bicyclic) bond motifs is 1. The minimum atomic E-state index is 0.221. The lowest BCUT2D eigenvalue weighted by atomic mass is 10.1. The zero-order valence-corrected chi connectivity index (χ0v) is 16.7. The van der Waals surface area contributed by atoms with E-state index < -0.39 is 0 Å². The maximum atomic E-state index is 5.50. The summed E-state index contributed by atoms with van der Waals surface area (Å²) < 4.78 is 10.9. The summed E-state index contributed by atoms with van der Waals surface area (Å²) in [5, 5.41) is 5.85. The average molecular weight is 390 g/mol. The molecule has 28 heavy (non-hydrogen) atoms. The van der Waals surface area contributed by atoms with Gasteiger partial charge >= 0.3 is 0 Å². The van der Waals surface area contributed by atoms with Gasteiger partial charge in [-0.05, 0) is 46.5 Å². The molecule has 0 fully saturated rings. The highest BCUT2D eigenvalue weighted by Crippen LogP contribution is 2.28. The molecule has 3 nitrogen and oxygen atoms in total. The first-order valence-corrected chi connectivity index (χ1v) is 9.58. The van der Waals surface area contributed by atoms with Crippen LogP contribution < -0.4 is 14.8 Å². The Morgan fingerprint density at radius 2 is 1.79 bits per heavy atom. The summed E-state index contributed by atoms with van der Waals surface area (Å²) in [7, 11) is 1.62. The van der Waals surface area contributed by atoms with Crippen LogP contribution in [0.1, 0.15) is 17.5 Å². The number of hydrogen-bond donors (Lipinski definition) is 1. The quantitative estimate of drug-likeness (QED) is 0.438. The second-order valence-corrected chi connectivity index (χ2v) is 6.93. The molecule has 0 atom stereocenters. The third-order valence-electron chi connectivity index (χ3n) is 4.48. The van der Waals surface area contributed by atoms with Crippen molar-refractivity contribution in [1.29, 1.82) is 0 Å². The summed E-state index contributed by atoms with van der Waals surface area (Å²) in [5.74, 6) is 3.79. The summed E-state index contributed by atoms with van der Waals surface area (Å²) in [6, 6.07) is 20.7. The van der Waals surface area contributed by atoms with Gasteiger partial charge in [-0.15, -0.1) is 6.42 Å². The van der Waals surface area contributed by atoms with Gasteiger partial charge in [0, 0.05) is 13.0 Å². The molecule has 3 aromatic carbocycles. The van der Waals surface area contributed by atoms with E-state index in [4.69, 9.17) is 28.1 Å². The highest BCUT2D eigenvalue weighted by Gasteiger charge is 2.07. The average Bonchev–Trinajstić information content (AvgIpc) is 2.74. The summed E-state index contributed by atoms with van der Waals surface area (Å²) in [6.45, 7) is 0.949. The van der Waals surface area contributed by atoms with Crippen molar-refractivity contribution in [3.8, 4) is 23.8 Å². The van der Waals surface area contributed by atoms with Crippen LogP contribution in [-0.2, 0) is 13.0 Å². The number of thiocarbonyl (C=S) groups is 1. The topological polar surface area (TPSA) is 30.5 Å². The number of terminal acetylenes is 1. The molecule has 0 amide bonds. The van der Waals surface area contributed by atoms with Crippen molar-refractivity contribution in [3.05, 3.63) is 71.8 Å². The number of benzene rings is 3. The highest BCUT2D eigenvalue weighted by atomic mass is 32.1. The fourth-order valence-electron chi connectivity index (χ4n) is 3.00. The maximum absolute atomic E-state index is 5.50. The Balaban J connectivity index is 1.52. The van der Waals surface area contributed by atoms with Crippen LogP contribution in [0, 0.1) is 12.3 Å². The van der Waals surface area contributed by atoms with Gasteiger partial charge in [-0.2, -0.15) is 0 Å². The number of nitrogens with one attached hydrogen (secondary N) is 1. The second kappa shape index (κ2) is 9.77. The van der Waals surface area contributed by atoms with Gasteiger partial charge in [-0.1, -0.05) is 60.6 Å². The van der Waals surface area contributed by atoms with E-state index >= 15 is 0 Å². The first kappa shape index (κ1) is 19.7. The van der Waals surface area contributed by atoms with E-state index in [0.29, 0.717) is 11.5 Å². The van der Waals surface area contributed by atoms with Gasteiger partial charge in [0.05, 0.1) is 12.1 Å². The summed E-state index contributed by atoms with van der Waals surface area (Å²) in [4.78, 5) is 0.847. The third-order valence-corrected chi connectivity index (χ3v) is 4.83. The molecular formula is C24H23NO2S. The second-order valence-electron chi connectivity index (χ2n) is 6.44. The Morgan fingerprint density at radius 1 is 1.00 bits per heavy atom. The Kier molecular flexibility index (Phi) is 6.89. The van der Waals surface area contributed by atoms with Gasteiger partial charge in [0.25, 0.3) is 0 Å². The molecular weight excluding hydrogens is 366 g/mol. The molecule has 3 aromatic rings. The van der Waals surface area contributed by atoms with Crippen LogP contribution >= 0.6 is 12.2 Å². The zero-order chi connectivity index (χ0) is 19.8. The van der Waals surface area contributed by atoms with E-state index in [1.54, 1.807) is 7.11 Å². The van der Waals surface area contributed by atoms with E-state index in [9.17, 15) is 0 Å². The number of hydrogen-bond acceptors (Lipinski definition) is 3. The molecule has 0 aromatic heterocycles. The molecule has 0 radical (unpaired) electrons. The predicted molar refractivity (Wildman–Crippen MR) is 119 cm³/mol. The van der Waals surface area contributed by atoms with Gasteiger partial charge in [0.15, 0.2) is 11.5 Å². The zero-order valence-electron chi connectivity index (χ0n) is 15.9. The molecule has 3 rings (SSSR count). The number of ether oxygens (including phenoxy) is 2. The first-order valence-electron chi connectivity index (χ1n) is 9.17. The van der Waals surface area contributed by atoms with Gasteiger partial charge in [-0.3, -0.25) is 0 Å². The molecule has 0 heterocycles. The molecule has 0 aliphatic heterocycles. The summed E-state index contributed by atoms with van der Waals surface area (Å²) in [5.41, 5.74) is 2.36. The lowest BCUT2D eigenvalue weighted by Crippen LogP contribution is -2.21. The van der Waals surface area contributed by atoms with Crippen molar-refractivity contribution in [1.82, 2.24) is 5.32 Å². The molecule has 1 N–H and O–H groups in total. The van der Waals surface area contributed by atoms with Crippen LogP contribution in [0.5, 0.6) is 11.5 Å². The van der Waals surface area contributed by atoms with Crippen molar-refractivity contribution in [2.45, 2.75) is 19.4 Å². The summed E-state index contributed by atoms with van der Waals surface area (Å²) in [6.07, 6.45) is 6.84. The molecule has 4 heteroatoms. The monoisotopic (exact) mass is 389 g/mol. The fourth-order valence-corrected chi connectivity index (χ4v) is 3.18. The predicted octanol–water partition coefficient (Wildman–Crippen LogP) is 4.91. The smallest absolute Gasteiger partial charge is 0.162 e. The van der Waals surface area contributed by atoms with Crippen molar-refractivity contribution in [2.75, 3.05) is 13.7 Å². The summed E-state index contributed by atoms with van der Waals surface area (Å²) >= 11 is 5.50. The van der Waals surface area contributed by atoms with E-state index in [-0.39, 0.29) is 6.61 Å². The molecule has 0 unspecified atom stereocenters. The highest BCUT2D eigenvalue weighted by molar-refractivity contribution is 7.80. The van der Waals surface area contributed by atoms with Crippen LogP contribution in [0.2, 0.25) is 0 Å². The van der Waals surface area contributed by atoms with Crippen molar-refractivity contribution in [3.63, 3.8) is 0 Å². The van der Waals surface area contributed by atoms with Crippen LogP contribution in [0.4, 0.5) is 0 Å². The molecule has 0 saturated carbocycles. The molecule has 0 bridgehead atoms. The van der Waals surface area contributed by atoms with Crippen LogP contribution in [0.15, 0.2) is 60.7 Å². The number of rotatable bonds is 8. The van der Waals surface area contributed by atoms with Crippen molar-refractivity contribution >= 4 is 28.0 Å². The Hall–Kier alpha value is -3.03. The molecule has 0 spiro atoms. The maximum Gasteiger partial charge on any atom is 0.162 e. The number of aryl methyl sites for hydroxylation is 1. The fraction of sp³-hybridized carbons (Fsp3) is 0.208. The third kappa shape index (κ3) is 5.25. The van der Waals surface area contributed by atoms with Crippen molar-refractivity contribution in [2.24, 2.45) is 0 Å². The van der Waals surface area contributed by atoms with Gasteiger partial charge in [-0.25, -0.2) is 0 Å². The minimum Gasteiger partial charge on any atom is -0.493 e. The Bertz CT molecular complexity index is 1010. The lowest BCUT2D eigenvalue weighted by Gasteiger charge is -2.12. The minimum absolute atomic E-state index is 0.221. The van der Waals surface area contributed by atoms with Crippen molar-refractivity contribution < 1.29 is 9.47 Å². The molecule has 142 valence electrons. The van der Waals surface area contributed by atoms with Gasteiger partial charge in [0.2, 0.25) is 0 Å².